The van der Waals surface area contributed by atoms with E-state index in [1.807, 2.05) is 0 Å². The van der Waals surface area contributed by atoms with E-state index in [2.05, 4.69) is 0 Å². The first-order chi connectivity index (χ1) is 12.5. The average molecular weight is 393 g/mol. The summed E-state index contributed by atoms with van der Waals surface area (Å²) in [5.74, 6) is -1.62. The number of sulfonamides is 1. The first-order valence-corrected chi connectivity index (χ1v) is 10.4. The number of piperidine rings is 1. The molecule has 0 saturated carbocycles. The van der Waals surface area contributed by atoms with E-state index in [-0.39, 0.29) is 29.2 Å². The van der Waals surface area contributed by atoms with Crippen LogP contribution in [0.5, 0.6) is 0 Å². The van der Waals surface area contributed by atoms with Crippen molar-refractivity contribution in [2.75, 3.05) is 23.1 Å². The van der Waals surface area contributed by atoms with Crippen molar-refractivity contribution in [3.63, 3.8) is 0 Å². The van der Waals surface area contributed by atoms with Gasteiger partial charge in [0, 0.05) is 24.6 Å². The van der Waals surface area contributed by atoms with E-state index in [0.29, 0.717) is 31.5 Å². The molecule has 2 aliphatic heterocycles. The van der Waals surface area contributed by atoms with E-state index in [1.54, 1.807) is 30.9 Å². The van der Waals surface area contributed by atoms with Gasteiger partial charge < -0.3 is 10.6 Å². The van der Waals surface area contributed by atoms with Crippen molar-refractivity contribution >= 4 is 33.4 Å². The highest BCUT2D eigenvalue weighted by molar-refractivity contribution is 7.94. The fourth-order valence-corrected chi connectivity index (χ4v) is 5.68. The molecule has 0 aromatic heterocycles. The number of anilines is 1. The van der Waals surface area contributed by atoms with Crippen LogP contribution < -0.4 is 10.0 Å². The Morgan fingerprint density at radius 3 is 2.33 bits per heavy atom. The topological polar surface area (TPSA) is 118 Å². The lowest BCUT2D eigenvalue weighted by atomic mass is 9.95. The quantitative estimate of drug-likeness (QED) is 0.812. The minimum atomic E-state index is -3.77. The van der Waals surface area contributed by atoms with Crippen LogP contribution in [0.3, 0.4) is 0 Å². The molecule has 2 heterocycles. The lowest BCUT2D eigenvalue weighted by molar-refractivity contribution is -0.124. The lowest BCUT2D eigenvalue weighted by Gasteiger charge is -2.30. The maximum absolute atomic E-state index is 12.8. The zero-order valence-electron chi connectivity index (χ0n) is 15.3. The molecular formula is C18H23N3O5S. The van der Waals surface area contributed by atoms with Crippen molar-refractivity contribution in [1.82, 2.24) is 4.90 Å². The molecular weight excluding hydrogens is 370 g/mol. The zero-order valence-corrected chi connectivity index (χ0v) is 16.2. The third kappa shape index (κ3) is 3.55. The van der Waals surface area contributed by atoms with Gasteiger partial charge in [0.1, 0.15) is 0 Å². The summed E-state index contributed by atoms with van der Waals surface area (Å²) in [6.07, 6.45) is 1.02. The molecule has 146 valence electrons. The fourth-order valence-electron chi connectivity index (χ4n) is 3.58. The minimum absolute atomic E-state index is 0.170. The Kier molecular flexibility index (Phi) is 4.75. The average Bonchev–Trinajstić information content (AvgIpc) is 2.77. The summed E-state index contributed by atoms with van der Waals surface area (Å²) in [5.41, 5.74) is 4.78. The number of carbonyl (C=O) groups excluding carboxylic acids is 3. The molecule has 8 nitrogen and oxygen atoms in total. The summed E-state index contributed by atoms with van der Waals surface area (Å²) >= 11 is 0. The van der Waals surface area contributed by atoms with Gasteiger partial charge in [-0.1, -0.05) is 6.07 Å². The van der Waals surface area contributed by atoms with Crippen molar-refractivity contribution < 1.29 is 22.8 Å². The SMILES string of the molecule is CC1(C)CS(=O)(=O)N(c2cccc(C(=O)N3CCC(C(N)=O)CC3)c2)C1=O. The number of hydrogen-bond acceptors (Lipinski definition) is 5. The van der Waals surface area contributed by atoms with Crippen LogP contribution >= 0.6 is 0 Å². The molecule has 0 atom stereocenters. The summed E-state index contributed by atoms with van der Waals surface area (Å²) in [6, 6.07) is 6.09. The number of hydrogen-bond donors (Lipinski definition) is 1. The molecule has 9 heteroatoms. The first kappa shape index (κ1) is 19.3. The zero-order chi connectivity index (χ0) is 20.0. The maximum Gasteiger partial charge on any atom is 0.253 e. The number of amides is 3. The molecule has 27 heavy (non-hydrogen) atoms. The Balaban J connectivity index is 1.83. The number of benzene rings is 1. The van der Waals surface area contributed by atoms with Gasteiger partial charge in [-0.3, -0.25) is 14.4 Å². The Labute approximate surface area is 158 Å². The van der Waals surface area contributed by atoms with Crippen LogP contribution in [-0.2, 0) is 19.6 Å². The van der Waals surface area contributed by atoms with Crippen LogP contribution in [0.4, 0.5) is 5.69 Å². The molecule has 2 aliphatic rings. The second-order valence-electron chi connectivity index (χ2n) is 7.73. The molecule has 3 amide bonds. The summed E-state index contributed by atoms with van der Waals surface area (Å²) in [4.78, 5) is 38.2. The van der Waals surface area contributed by atoms with Gasteiger partial charge in [0.15, 0.2) is 0 Å². The van der Waals surface area contributed by atoms with Gasteiger partial charge in [-0.05, 0) is 44.9 Å². The first-order valence-electron chi connectivity index (χ1n) is 8.79. The van der Waals surface area contributed by atoms with Gasteiger partial charge >= 0.3 is 0 Å². The van der Waals surface area contributed by atoms with Gasteiger partial charge in [0.25, 0.3) is 5.91 Å². The Bertz CT molecular complexity index is 901. The molecule has 0 spiro atoms. The van der Waals surface area contributed by atoms with Crippen molar-refractivity contribution in [2.45, 2.75) is 26.7 Å². The monoisotopic (exact) mass is 393 g/mol. The number of likely N-dealkylation sites (tertiary alicyclic amines) is 1. The Hall–Kier alpha value is -2.42. The molecule has 1 aromatic rings. The normalized spacial score (nSPS) is 22.1. The standard InChI is InChI=1S/C18H23N3O5S/c1-18(2)11-27(25,26)21(17(18)24)14-5-3-4-13(10-14)16(23)20-8-6-12(7-9-20)15(19)22/h3-5,10,12H,6-9,11H2,1-2H3,(H2,19,22). The molecule has 1 aromatic carbocycles. The number of carbonyl (C=O) groups is 3. The van der Waals surface area contributed by atoms with Gasteiger partial charge in [-0.2, -0.15) is 0 Å². The Morgan fingerprint density at radius 2 is 1.81 bits per heavy atom. The summed E-state index contributed by atoms with van der Waals surface area (Å²) in [6.45, 7) is 3.99. The largest absolute Gasteiger partial charge is 0.369 e. The highest BCUT2D eigenvalue weighted by atomic mass is 32.2. The van der Waals surface area contributed by atoms with Crippen molar-refractivity contribution in [2.24, 2.45) is 17.1 Å². The van der Waals surface area contributed by atoms with E-state index in [9.17, 15) is 22.8 Å². The third-order valence-electron chi connectivity index (χ3n) is 5.10. The smallest absolute Gasteiger partial charge is 0.253 e. The highest BCUT2D eigenvalue weighted by Crippen LogP contribution is 2.36. The number of nitrogens with two attached hydrogens (primary N) is 1. The Morgan fingerprint density at radius 1 is 1.19 bits per heavy atom. The maximum atomic E-state index is 12.8. The predicted octanol–water partition coefficient (Wildman–Crippen LogP) is 0.727. The fraction of sp³-hybridized carbons (Fsp3) is 0.500. The summed E-state index contributed by atoms with van der Waals surface area (Å²) < 4.78 is 25.7. The minimum Gasteiger partial charge on any atom is -0.369 e. The third-order valence-corrected chi connectivity index (χ3v) is 7.12. The van der Waals surface area contributed by atoms with E-state index in [0.717, 1.165) is 4.31 Å². The van der Waals surface area contributed by atoms with Gasteiger partial charge in [0.05, 0.1) is 16.9 Å². The van der Waals surface area contributed by atoms with E-state index >= 15 is 0 Å². The van der Waals surface area contributed by atoms with Gasteiger partial charge in [-0.25, -0.2) is 12.7 Å². The van der Waals surface area contributed by atoms with Crippen LogP contribution in [0.15, 0.2) is 24.3 Å². The van der Waals surface area contributed by atoms with Crippen molar-refractivity contribution in [3.8, 4) is 0 Å². The van der Waals surface area contributed by atoms with Crippen LogP contribution in [0.1, 0.15) is 37.0 Å². The van der Waals surface area contributed by atoms with Crippen LogP contribution in [0.2, 0.25) is 0 Å². The van der Waals surface area contributed by atoms with Gasteiger partial charge in [0.2, 0.25) is 21.8 Å². The number of rotatable bonds is 3. The highest BCUT2D eigenvalue weighted by Gasteiger charge is 2.50. The molecule has 0 aliphatic carbocycles. The molecule has 0 bridgehead atoms. The molecule has 0 unspecified atom stereocenters. The summed E-state index contributed by atoms with van der Waals surface area (Å²) in [5, 5.41) is 0. The van der Waals surface area contributed by atoms with Crippen molar-refractivity contribution in [3.05, 3.63) is 29.8 Å². The number of primary amides is 1. The van der Waals surface area contributed by atoms with Crippen LogP contribution in [0.25, 0.3) is 0 Å². The second kappa shape index (κ2) is 6.63. The van der Waals surface area contributed by atoms with E-state index in [4.69, 9.17) is 5.73 Å². The van der Waals surface area contributed by atoms with Gasteiger partial charge in [-0.15, -0.1) is 0 Å². The molecule has 2 saturated heterocycles. The summed E-state index contributed by atoms with van der Waals surface area (Å²) in [7, 11) is -3.77. The van der Waals surface area contributed by atoms with Crippen LogP contribution in [0, 0.1) is 11.3 Å². The number of nitrogens with zero attached hydrogens (tertiary/aromatic N) is 2. The molecule has 0 radical (unpaired) electrons. The van der Waals surface area contributed by atoms with E-state index < -0.39 is 21.3 Å². The van der Waals surface area contributed by atoms with Crippen molar-refractivity contribution in [1.29, 1.82) is 0 Å². The lowest BCUT2D eigenvalue weighted by Crippen LogP contribution is -2.41. The predicted molar refractivity (Wildman–Crippen MR) is 99.3 cm³/mol. The molecule has 2 fully saturated rings. The van der Waals surface area contributed by atoms with Crippen LogP contribution in [-0.4, -0.2) is 49.9 Å². The molecule has 3 rings (SSSR count). The second-order valence-corrected chi connectivity index (χ2v) is 9.55. The van der Waals surface area contributed by atoms with E-state index in [1.165, 1.54) is 12.1 Å². The molecule has 2 N–H and O–H groups in total.